The van der Waals surface area contributed by atoms with Gasteiger partial charge < -0.3 is 5.21 Å². The third kappa shape index (κ3) is 2.45. The molecule has 80 valence electrons. The van der Waals surface area contributed by atoms with Gasteiger partial charge in [-0.3, -0.25) is 4.98 Å². The van der Waals surface area contributed by atoms with Crippen LogP contribution in [0.4, 0.5) is 0 Å². The van der Waals surface area contributed by atoms with Crippen LogP contribution in [0.3, 0.4) is 0 Å². The lowest BCUT2D eigenvalue weighted by Gasteiger charge is -2.03. The predicted molar refractivity (Wildman–Crippen MR) is 62.7 cm³/mol. The Labute approximate surface area is 94.1 Å². The van der Waals surface area contributed by atoms with Gasteiger partial charge in [-0.05, 0) is 17.7 Å². The number of nitrogens with zero attached hydrogens (tertiary/aromatic N) is 2. The van der Waals surface area contributed by atoms with Crippen LogP contribution in [-0.2, 0) is 6.42 Å². The zero-order chi connectivity index (χ0) is 11.2. The molecule has 0 saturated heterocycles. The highest BCUT2D eigenvalue weighted by Crippen LogP contribution is 2.07. The molecular weight excluding hydrogens is 200 g/mol. The maximum atomic E-state index is 9.00. The van der Waals surface area contributed by atoms with Gasteiger partial charge in [0.1, 0.15) is 0 Å². The molecular formula is C13H12N2O. The van der Waals surface area contributed by atoms with Gasteiger partial charge in [-0.15, -0.1) is 0 Å². The molecule has 16 heavy (non-hydrogen) atoms. The van der Waals surface area contributed by atoms with E-state index in [1.165, 1.54) is 0 Å². The van der Waals surface area contributed by atoms with E-state index in [0.717, 1.165) is 11.1 Å². The van der Waals surface area contributed by atoms with E-state index in [4.69, 9.17) is 5.21 Å². The van der Waals surface area contributed by atoms with E-state index in [9.17, 15) is 0 Å². The lowest BCUT2D eigenvalue weighted by atomic mass is 10.0. The van der Waals surface area contributed by atoms with Gasteiger partial charge in [-0.2, -0.15) is 0 Å². The van der Waals surface area contributed by atoms with E-state index in [1.54, 1.807) is 12.4 Å². The Morgan fingerprint density at radius 3 is 2.56 bits per heavy atom. The molecule has 3 heteroatoms. The molecule has 1 aromatic carbocycles. The molecule has 1 N–H and O–H groups in total. The summed E-state index contributed by atoms with van der Waals surface area (Å²) in [5.41, 5.74) is 2.58. The summed E-state index contributed by atoms with van der Waals surface area (Å²) in [5, 5.41) is 12.3. The van der Waals surface area contributed by atoms with Crippen molar-refractivity contribution in [2.75, 3.05) is 0 Å². The molecule has 0 radical (unpaired) electrons. The van der Waals surface area contributed by atoms with Crippen molar-refractivity contribution in [3.05, 3.63) is 66.0 Å². The Kier molecular flexibility index (Phi) is 3.28. The number of hydrogen-bond donors (Lipinski definition) is 1. The van der Waals surface area contributed by atoms with Crippen LogP contribution in [0.15, 0.2) is 60.0 Å². The molecule has 2 rings (SSSR count). The van der Waals surface area contributed by atoms with Gasteiger partial charge in [-0.1, -0.05) is 35.5 Å². The number of oxime groups is 1. The average molecular weight is 212 g/mol. The molecule has 0 saturated carbocycles. The zero-order valence-corrected chi connectivity index (χ0v) is 8.74. The second-order valence-electron chi connectivity index (χ2n) is 3.45. The van der Waals surface area contributed by atoms with Gasteiger partial charge in [0.25, 0.3) is 0 Å². The predicted octanol–water partition coefficient (Wildman–Crippen LogP) is 2.50. The summed E-state index contributed by atoms with van der Waals surface area (Å²) >= 11 is 0. The Bertz CT molecular complexity index is 466. The lowest BCUT2D eigenvalue weighted by molar-refractivity contribution is 0.318. The molecule has 3 nitrogen and oxygen atoms in total. The third-order valence-corrected chi connectivity index (χ3v) is 2.33. The number of benzene rings is 1. The van der Waals surface area contributed by atoms with Gasteiger partial charge in [-0.25, -0.2) is 0 Å². The molecule has 0 bridgehead atoms. The van der Waals surface area contributed by atoms with Crippen LogP contribution in [0.25, 0.3) is 0 Å². The smallest absolute Gasteiger partial charge is 0.0926 e. The Hall–Kier alpha value is -2.16. The number of hydrogen-bond acceptors (Lipinski definition) is 3. The maximum absolute atomic E-state index is 9.00. The van der Waals surface area contributed by atoms with Crippen LogP contribution in [0, 0.1) is 0 Å². The molecule has 0 amide bonds. The highest BCUT2D eigenvalue weighted by atomic mass is 16.4. The summed E-state index contributed by atoms with van der Waals surface area (Å²) < 4.78 is 0. The molecule has 0 aliphatic carbocycles. The van der Waals surface area contributed by atoms with E-state index in [-0.39, 0.29) is 0 Å². The summed E-state index contributed by atoms with van der Waals surface area (Å²) in [7, 11) is 0. The molecule has 0 aliphatic rings. The monoisotopic (exact) mass is 212 g/mol. The fourth-order valence-corrected chi connectivity index (χ4v) is 1.52. The largest absolute Gasteiger partial charge is 0.411 e. The lowest BCUT2D eigenvalue weighted by Crippen LogP contribution is -2.05. The van der Waals surface area contributed by atoms with Crippen molar-refractivity contribution in [1.82, 2.24) is 4.98 Å². The topological polar surface area (TPSA) is 45.5 Å². The first kappa shape index (κ1) is 10.4. The fourth-order valence-electron chi connectivity index (χ4n) is 1.52. The minimum atomic E-state index is 0.600. The summed E-state index contributed by atoms with van der Waals surface area (Å²) in [6.45, 7) is 0. The molecule has 0 spiro atoms. The third-order valence-electron chi connectivity index (χ3n) is 2.33. The number of rotatable bonds is 3. The van der Waals surface area contributed by atoms with E-state index >= 15 is 0 Å². The van der Waals surface area contributed by atoms with Crippen molar-refractivity contribution in [2.45, 2.75) is 6.42 Å². The molecule has 1 heterocycles. The zero-order valence-electron chi connectivity index (χ0n) is 8.74. The molecule has 1 aromatic heterocycles. The summed E-state index contributed by atoms with van der Waals surface area (Å²) in [6.07, 6.45) is 3.99. The van der Waals surface area contributed by atoms with Crippen molar-refractivity contribution in [3.63, 3.8) is 0 Å². The van der Waals surface area contributed by atoms with E-state index in [2.05, 4.69) is 10.1 Å². The Morgan fingerprint density at radius 2 is 1.94 bits per heavy atom. The number of pyridine rings is 1. The second-order valence-corrected chi connectivity index (χ2v) is 3.45. The van der Waals surface area contributed by atoms with Gasteiger partial charge in [0.2, 0.25) is 0 Å². The van der Waals surface area contributed by atoms with Crippen molar-refractivity contribution in [3.8, 4) is 0 Å². The van der Waals surface area contributed by atoms with E-state index < -0.39 is 0 Å². The first-order valence-electron chi connectivity index (χ1n) is 5.05. The normalized spacial score (nSPS) is 11.4. The summed E-state index contributed by atoms with van der Waals surface area (Å²) in [4.78, 5) is 4.00. The first-order chi connectivity index (χ1) is 7.90. The van der Waals surface area contributed by atoms with E-state index in [1.807, 2.05) is 42.5 Å². The first-order valence-corrected chi connectivity index (χ1v) is 5.05. The van der Waals surface area contributed by atoms with E-state index in [0.29, 0.717) is 12.1 Å². The Balaban J connectivity index is 2.20. The SMILES string of the molecule is O/N=C(\Cc1ccccc1)c1cccnc1. The van der Waals surface area contributed by atoms with Gasteiger partial charge in [0.15, 0.2) is 0 Å². The molecule has 0 aliphatic heterocycles. The second kappa shape index (κ2) is 5.07. The average Bonchev–Trinajstić information content (AvgIpc) is 2.38. The van der Waals surface area contributed by atoms with Gasteiger partial charge >= 0.3 is 0 Å². The van der Waals surface area contributed by atoms with Gasteiger partial charge in [0.05, 0.1) is 5.71 Å². The van der Waals surface area contributed by atoms with Crippen LogP contribution in [0.1, 0.15) is 11.1 Å². The highest BCUT2D eigenvalue weighted by molar-refractivity contribution is 6.01. The quantitative estimate of drug-likeness (QED) is 0.482. The standard InChI is InChI=1S/C13H12N2O/c16-15-13(12-7-4-8-14-10-12)9-11-5-2-1-3-6-11/h1-8,10,16H,9H2/b15-13+. The molecule has 0 atom stereocenters. The Morgan fingerprint density at radius 1 is 1.12 bits per heavy atom. The molecule has 0 fully saturated rings. The van der Waals surface area contributed by atoms with Crippen molar-refractivity contribution in [2.24, 2.45) is 5.16 Å². The molecule has 0 unspecified atom stereocenters. The van der Waals surface area contributed by atoms with Crippen molar-refractivity contribution < 1.29 is 5.21 Å². The van der Waals surface area contributed by atoms with Crippen LogP contribution in [0.5, 0.6) is 0 Å². The van der Waals surface area contributed by atoms with Gasteiger partial charge in [0, 0.05) is 24.4 Å². The highest BCUT2D eigenvalue weighted by Gasteiger charge is 2.05. The van der Waals surface area contributed by atoms with Crippen molar-refractivity contribution >= 4 is 5.71 Å². The number of aromatic nitrogens is 1. The van der Waals surface area contributed by atoms with Crippen molar-refractivity contribution in [1.29, 1.82) is 0 Å². The van der Waals surface area contributed by atoms with Crippen LogP contribution in [-0.4, -0.2) is 15.9 Å². The minimum Gasteiger partial charge on any atom is -0.411 e. The summed E-state index contributed by atoms with van der Waals surface area (Å²) in [5.74, 6) is 0. The fraction of sp³-hybridized carbons (Fsp3) is 0.0769. The summed E-state index contributed by atoms with van der Waals surface area (Å²) in [6, 6.07) is 13.6. The van der Waals surface area contributed by atoms with Crippen LogP contribution >= 0.6 is 0 Å². The molecule has 2 aromatic rings. The van der Waals surface area contributed by atoms with Crippen LogP contribution < -0.4 is 0 Å². The minimum absolute atomic E-state index is 0.600. The maximum Gasteiger partial charge on any atom is 0.0926 e. The van der Waals surface area contributed by atoms with Crippen LogP contribution in [0.2, 0.25) is 0 Å².